The minimum atomic E-state index is -0.0993. The van der Waals surface area contributed by atoms with Crippen molar-refractivity contribution in [3.63, 3.8) is 0 Å². The van der Waals surface area contributed by atoms with E-state index in [0.29, 0.717) is 18.8 Å². The molecule has 0 aliphatic carbocycles. The van der Waals surface area contributed by atoms with Crippen molar-refractivity contribution >= 4 is 11.6 Å². The number of hydrogen-bond acceptors (Lipinski definition) is 4. The highest BCUT2D eigenvalue weighted by Gasteiger charge is 2.19. The average molecular weight is 317 g/mol. The molecule has 0 aromatic carbocycles. The number of likely N-dealkylation sites (N-methyl/N-ethyl adjacent to an activating group) is 1. The number of amides is 1. The summed E-state index contributed by atoms with van der Waals surface area (Å²) in [6.45, 7) is 8.40. The Labute approximate surface area is 138 Å². The molecule has 2 rings (SSSR count). The van der Waals surface area contributed by atoms with Gasteiger partial charge in [-0.05, 0) is 39.3 Å². The van der Waals surface area contributed by atoms with Gasteiger partial charge in [-0.3, -0.25) is 4.79 Å². The normalized spacial score (nSPS) is 11.6. The van der Waals surface area contributed by atoms with Crippen molar-refractivity contribution in [2.75, 3.05) is 40.3 Å². The Morgan fingerprint density at radius 2 is 2.00 bits per heavy atom. The topological polar surface area (TPSA) is 52.9 Å². The number of nitrogens with zero attached hydrogens (tertiary/aromatic N) is 4. The molecule has 2 aromatic heterocycles. The number of rotatable bonds is 8. The van der Waals surface area contributed by atoms with Crippen LogP contribution in [0.5, 0.6) is 0 Å². The summed E-state index contributed by atoms with van der Waals surface area (Å²) < 4.78 is 1.99. The molecule has 0 aliphatic heterocycles. The maximum absolute atomic E-state index is 12.6. The Morgan fingerprint density at radius 3 is 2.65 bits per heavy atom. The fraction of sp³-hybridized carbons (Fsp3) is 0.529. The van der Waals surface area contributed by atoms with Crippen molar-refractivity contribution in [2.24, 2.45) is 0 Å². The van der Waals surface area contributed by atoms with Crippen molar-refractivity contribution in [1.29, 1.82) is 0 Å². The van der Waals surface area contributed by atoms with Crippen LogP contribution in [0.3, 0.4) is 0 Å². The molecule has 2 aromatic rings. The Hall–Kier alpha value is -1.92. The van der Waals surface area contributed by atoms with Gasteiger partial charge in [-0.2, -0.15) is 0 Å². The number of aromatic nitrogens is 2. The number of carbonyl (C=O) groups excluding carboxylic acids is 1. The van der Waals surface area contributed by atoms with E-state index in [1.54, 1.807) is 0 Å². The van der Waals surface area contributed by atoms with Crippen LogP contribution in [0.4, 0.5) is 0 Å². The lowest BCUT2D eigenvalue weighted by Gasteiger charge is -2.18. The molecule has 1 amide bonds. The molecule has 2 heterocycles. The fourth-order valence-electron chi connectivity index (χ4n) is 2.63. The molecule has 1 N–H and O–H groups in total. The van der Waals surface area contributed by atoms with Crippen LogP contribution in [-0.4, -0.2) is 65.4 Å². The average Bonchev–Trinajstić information content (AvgIpc) is 2.90. The highest BCUT2D eigenvalue weighted by atomic mass is 16.1. The van der Waals surface area contributed by atoms with Crippen LogP contribution < -0.4 is 5.32 Å². The van der Waals surface area contributed by atoms with Crippen molar-refractivity contribution in [3.8, 4) is 0 Å². The number of nitrogens with one attached hydrogen (secondary N) is 1. The number of pyridine rings is 1. The van der Waals surface area contributed by atoms with Crippen molar-refractivity contribution < 1.29 is 4.79 Å². The number of imidazole rings is 1. The quantitative estimate of drug-likeness (QED) is 0.801. The van der Waals surface area contributed by atoms with Gasteiger partial charge in [-0.1, -0.05) is 19.9 Å². The molecule has 0 saturated heterocycles. The van der Waals surface area contributed by atoms with Gasteiger partial charge in [0, 0.05) is 25.8 Å². The molecule has 0 atom stereocenters. The summed E-state index contributed by atoms with van der Waals surface area (Å²) in [4.78, 5) is 21.4. The van der Waals surface area contributed by atoms with Crippen LogP contribution in [0.1, 0.15) is 30.0 Å². The van der Waals surface area contributed by atoms with Gasteiger partial charge in [0.15, 0.2) is 5.69 Å². The molecular formula is C17H27N5O. The lowest BCUT2D eigenvalue weighted by molar-refractivity contribution is 0.0942. The third kappa shape index (κ3) is 4.30. The Morgan fingerprint density at radius 1 is 1.26 bits per heavy atom. The molecule has 0 fully saturated rings. The predicted octanol–water partition coefficient (Wildman–Crippen LogP) is 1.47. The maximum atomic E-state index is 12.6. The summed E-state index contributed by atoms with van der Waals surface area (Å²) in [5.41, 5.74) is 2.24. The number of carbonyl (C=O) groups is 1. The van der Waals surface area contributed by atoms with Gasteiger partial charge in [0.25, 0.3) is 5.91 Å². The first-order valence-electron chi connectivity index (χ1n) is 8.18. The van der Waals surface area contributed by atoms with Crippen molar-refractivity contribution in [2.45, 2.75) is 20.4 Å². The maximum Gasteiger partial charge on any atom is 0.271 e. The fourth-order valence-corrected chi connectivity index (χ4v) is 2.63. The predicted molar refractivity (Wildman–Crippen MR) is 92.7 cm³/mol. The molecule has 126 valence electrons. The van der Waals surface area contributed by atoms with Crippen LogP contribution >= 0.6 is 0 Å². The molecular weight excluding hydrogens is 290 g/mol. The highest BCUT2D eigenvalue weighted by molar-refractivity contribution is 5.94. The van der Waals surface area contributed by atoms with Gasteiger partial charge < -0.3 is 19.5 Å². The molecule has 0 aliphatic rings. The van der Waals surface area contributed by atoms with Crippen LogP contribution in [0.25, 0.3) is 5.65 Å². The van der Waals surface area contributed by atoms with Crippen LogP contribution in [0.2, 0.25) is 0 Å². The van der Waals surface area contributed by atoms with E-state index in [9.17, 15) is 4.79 Å². The smallest absolute Gasteiger partial charge is 0.271 e. The third-order valence-corrected chi connectivity index (χ3v) is 3.92. The van der Waals surface area contributed by atoms with Gasteiger partial charge in [0.05, 0.1) is 5.69 Å². The minimum absolute atomic E-state index is 0.0993. The molecule has 0 bridgehead atoms. The monoisotopic (exact) mass is 317 g/mol. The van der Waals surface area contributed by atoms with Crippen LogP contribution in [-0.2, 0) is 6.54 Å². The van der Waals surface area contributed by atoms with E-state index in [1.807, 2.05) is 47.8 Å². The number of hydrogen-bond donors (Lipinski definition) is 1. The zero-order valence-electron chi connectivity index (χ0n) is 14.5. The highest BCUT2D eigenvalue weighted by Crippen LogP contribution is 2.14. The van der Waals surface area contributed by atoms with E-state index >= 15 is 0 Å². The van der Waals surface area contributed by atoms with Gasteiger partial charge in [0.2, 0.25) is 0 Å². The first-order valence-corrected chi connectivity index (χ1v) is 8.18. The summed E-state index contributed by atoms with van der Waals surface area (Å²) in [6.07, 6.45) is 1.95. The summed E-state index contributed by atoms with van der Waals surface area (Å²) in [7, 11) is 3.98. The Kier molecular flexibility index (Phi) is 6.12. The van der Waals surface area contributed by atoms with E-state index in [-0.39, 0.29) is 5.91 Å². The molecule has 0 unspecified atom stereocenters. The van der Waals surface area contributed by atoms with Crippen molar-refractivity contribution in [3.05, 3.63) is 35.8 Å². The lowest BCUT2D eigenvalue weighted by atomic mass is 10.3. The summed E-state index contributed by atoms with van der Waals surface area (Å²) in [6, 6.07) is 5.81. The second-order valence-corrected chi connectivity index (χ2v) is 5.86. The van der Waals surface area contributed by atoms with E-state index in [0.717, 1.165) is 31.0 Å². The first-order chi connectivity index (χ1) is 11.1. The zero-order chi connectivity index (χ0) is 16.8. The van der Waals surface area contributed by atoms with E-state index in [2.05, 4.69) is 29.0 Å². The largest absolute Gasteiger partial charge is 0.349 e. The second-order valence-electron chi connectivity index (χ2n) is 5.86. The van der Waals surface area contributed by atoms with Gasteiger partial charge in [0.1, 0.15) is 5.65 Å². The van der Waals surface area contributed by atoms with Crippen molar-refractivity contribution in [1.82, 2.24) is 24.5 Å². The third-order valence-electron chi connectivity index (χ3n) is 3.92. The zero-order valence-corrected chi connectivity index (χ0v) is 14.5. The molecule has 23 heavy (non-hydrogen) atoms. The standard InChI is InChI=1S/C17H27N5O/c1-5-21(6-2)12-10-18-17(23)16-14(13-20(3)4)22-11-8-7-9-15(22)19-16/h7-9,11H,5-6,10,12-13H2,1-4H3,(H,18,23). The van der Waals surface area contributed by atoms with E-state index < -0.39 is 0 Å². The lowest BCUT2D eigenvalue weighted by Crippen LogP contribution is -2.35. The SMILES string of the molecule is CCN(CC)CCNC(=O)c1nc2ccccn2c1CN(C)C. The summed E-state index contributed by atoms with van der Waals surface area (Å²) in [5, 5.41) is 3.00. The molecule has 0 radical (unpaired) electrons. The van der Waals surface area contributed by atoms with E-state index in [1.165, 1.54) is 0 Å². The minimum Gasteiger partial charge on any atom is -0.349 e. The number of fused-ring (bicyclic) bond motifs is 1. The molecule has 6 nitrogen and oxygen atoms in total. The van der Waals surface area contributed by atoms with Gasteiger partial charge in [-0.15, -0.1) is 0 Å². The van der Waals surface area contributed by atoms with Gasteiger partial charge >= 0.3 is 0 Å². The van der Waals surface area contributed by atoms with Crippen LogP contribution in [0.15, 0.2) is 24.4 Å². The first kappa shape index (κ1) is 17.4. The van der Waals surface area contributed by atoms with Gasteiger partial charge in [-0.25, -0.2) is 4.98 Å². The van der Waals surface area contributed by atoms with Crippen LogP contribution in [0, 0.1) is 0 Å². The molecule has 0 saturated carbocycles. The molecule has 6 heteroatoms. The second kappa shape index (κ2) is 8.08. The summed E-state index contributed by atoms with van der Waals surface area (Å²) >= 11 is 0. The summed E-state index contributed by atoms with van der Waals surface area (Å²) in [5.74, 6) is -0.0993. The molecule has 0 spiro atoms. The van der Waals surface area contributed by atoms with E-state index in [4.69, 9.17) is 0 Å². The Balaban J connectivity index is 2.15. The Bertz CT molecular complexity index is 645.